The van der Waals surface area contributed by atoms with Crippen LogP contribution in [-0.4, -0.2) is 96.3 Å². The van der Waals surface area contributed by atoms with Gasteiger partial charge in [-0.15, -0.1) is 0 Å². The second kappa shape index (κ2) is 9.05. The Labute approximate surface area is 130 Å². The van der Waals surface area contributed by atoms with E-state index in [1.165, 1.54) is 0 Å². The number of carbonyl (C=O) groups excluding carboxylic acids is 1. The summed E-state index contributed by atoms with van der Waals surface area (Å²) < 4.78 is 4.86. The third kappa shape index (κ3) is 5.33. The molecule has 138 valence electrons. The first-order valence-corrected chi connectivity index (χ1v) is 6.18. The van der Waals surface area contributed by atoms with Crippen LogP contribution in [0.3, 0.4) is 0 Å². The predicted octanol–water partition coefficient (Wildman–Crippen LogP) is -5.52. The largest absolute Gasteiger partial charge is 0.477 e. The number of rotatable bonds is 5. The first-order valence-electron chi connectivity index (χ1n) is 6.18. The van der Waals surface area contributed by atoms with Gasteiger partial charge in [0.05, 0.1) is 18.8 Å². The van der Waals surface area contributed by atoms with E-state index in [9.17, 15) is 30.0 Å². The number of aliphatic hydroxyl groups excluding tert-OH is 4. The lowest BCUT2D eigenvalue weighted by molar-refractivity contribution is -0.295. The second-order valence-corrected chi connectivity index (χ2v) is 4.91. The molecule has 0 saturated carbocycles. The third-order valence-electron chi connectivity index (χ3n) is 3.21. The van der Waals surface area contributed by atoms with E-state index in [0.29, 0.717) is 0 Å². The Morgan fingerprint density at radius 1 is 1.35 bits per heavy atom. The molecule has 0 radical (unpaired) electrons. The molecule has 0 aromatic carbocycles. The fourth-order valence-electron chi connectivity index (χ4n) is 2.14. The number of carbonyl (C=O) groups is 2. The maximum Gasteiger partial charge on any atom is 0.364 e. The van der Waals surface area contributed by atoms with E-state index < -0.39 is 61.1 Å². The molecule has 3 unspecified atom stereocenters. The average Bonchev–Trinajstić information content (AvgIpc) is 2.39. The predicted molar refractivity (Wildman–Crippen MR) is 72.0 cm³/mol. The summed E-state index contributed by atoms with van der Waals surface area (Å²) >= 11 is 0. The SMILES string of the molecule is CC(=O)N[C@@H]1[C@@H](O)CC(O)(C(=O)O)O[C@H]1C(O)C(O)CO.O.O. The molecule has 0 spiro atoms. The van der Waals surface area contributed by atoms with Gasteiger partial charge in [-0.05, 0) is 0 Å². The zero-order valence-corrected chi connectivity index (χ0v) is 12.2. The molecule has 12 heteroatoms. The Kier molecular flexibility index (Phi) is 9.39. The van der Waals surface area contributed by atoms with E-state index in [1.54, 1.807) is 0 Å². The van der Waals surface area contributed by atoms with Crippen LogP contribution in [0, 0.1) is 0 Å². The van der Waals surface area contributed by atoms with Crippen LogP contribution in [0.25, 0.3) is 0 Å². The quantitative estimate of drug-likeness (QED) is 0.251. The number of hydrogen-bond acceptors (Lipinski definition) is 8. The van der Waals surface area contributed by atoms with Crippen molar-refractivity contribution >= 4 is 11.9 Å². The first-order chi connectivity index (χ1) is 9.62. The molecular weight excluding hydrogens is 322 g/mol. The molecule has 1 heterocycles. The number of aliphatic hydroxyl groups is 5. The van der Waals surface area contributed by atoms with E-state index >= 15 is 0 Å². The van der Waals surface area contributed by atoms with Crippen molar-refractivity contribution in [3.8, 4) is 0 Å². The highest BCUT2D eigenvalue weighted by Crippen LogP contribution is 2.30. The van der Waals surface area contributed by atoms with Gasteiger partial charge >= 0.3 is 5.97 Å². The normalized spacial score (nSPS) is 32.7. The maximum absolute atomic E-state index is 11.1. The standard InChI is InChI=1S/C11H19NO9.2H2O/c1-4(14)12-7-5(15)2-11(20,10(18)19)21-9(7)8(17)6(16)3-13;;/h5-9,13,15-17,20H,2-3H2,1H3,(H,12,14)(H,18,19);2*1H2/t5-,6?,7+,8?,9+,11?;;/m0../s1. The van der Waals surface area contributed by atoms with Crippen LogP contribution >= 0.6 is 0 Å². The van der Waals surface area contributed by atoms with Crippen molar-refractivity contribution in [2.45, 2.75) is 49.6 Å². The molecule has 1 aliphatic heterocycles. The molecule has 12 nitrogen and oxygen atoms in total. The van der Waals surface area contributed by atoms with E-state index in [2.05, 4.69) is 5.32 Å². The molecule has 1 saturated heterocycles. The molecule has 0 aliphatic carbocycles. The second-order valence-electron chi connectivity index (χ2n) is 4.91. The van der Waals surface area contributed by atoms with Crippen molar-refractivity contribution in [2.75, 3.05) is 6.61 Å². The van der Waals surface area contributed by atoms with Crippen LogP contribution in [0.5, 0.6) is 0 Å². The van der Waals surface area contributed by atoms with Crippen LogP contribution in [-0.2, 0) is 14.3 Å². The number of carboxylic acids is 1. The molecule has 6 atom stereocenters. The highest BCUT2D eigenvalue weighted by molar-refractivity contribution is 5.76. The van der Waals surface area contributed by atoms with Gasteiger partial charge in [-0.2, -0.15) is 0 Å². The fraction of sp³-hybridized carbons (Fsp3) is 0.818. The zero-order valence-electron chi connectivity index (χ0n) is 12.2. The Morgan fingerprint density at radius 3 is 2.26 bits per heavy atom. The fourth-order valence-corrected chi connectivity index (χ4v) is 2.14. The smallest absolute Gasteiger partial charge is 0.364 e. The highest BCUT2D eigenvalue weighted by atomic mass is 16.7. The molecule has 0 bridgehead atoms. The van der Waals surface area contributed by atoms with Gasteiger partial charge in [0.2, 0.25) is 5.91 Å². The molecule has 1 amide bonds. The van der Waals surface area contributed by atoms with Gasteiger partial charge in [0, 0.05) is 13.3 Å². The van der Waals surface area contributed by atoms with Crippen LogP contribution < -0.4 is 5.32 Å². The van der Waals surface area contributed by atoms with Crippen LogP contribution in [0.15, 0.2) is 0 Å². The molecule has 0 aromatic rings. The first kappa shape index (κ1) is 23.9. The molecule has 1 fully saturated rings. The van der Waals surface area contributed by atoms with Crippen molar-refractivity contribution in [2.24, 2.45) is 0 Å². The van der Waals surface area contributed by atoms with Crippen molar-refractivity contribution in [1.29, 1.82) is 0 Å². The van der Waals surface area contributed by atoms with Crippen LogP contribution in [0.2, 0.25) is 0 Å². The van der Waals surface area contributed by atoms with Crippen molar-refractivity contribution in [3.05, 3.63) is 0 Å². The summed E-state index contributed by atoms with van der Waals surface area (Å²) in [6.07, 6.45) is -7.48. The lowest BCUT2D eigenvalue weighted by Gasteiger charge is -2.44. The van der Waals surface area contributed by atoms with Gasteiger partial charge in [0.1, 0.15) is 18.3 Å². The lowest BCUT2D eigenvalue weighted by atomic mass is 9.88. The van der Waals surface area contributed by atoms with Gasteiger partial charge in [-0.25, -0.2) is 4.79 Å². The number of carboxylic acid groups (broad SMARTS) is 1. The number of aliphatic carboxylic acids is 1. The minimum absolute atomic E-state index is 0. The number of nitrogens with one attached hydrogen (secondary N) is 1. The van der Waals surface area contributed by atoms with E-state index in [-0.39, 0.29) is 11.0 Å². The minimum atomic E-state index is -2.78. The summed E-state index contributed by atoms with van der Waals surface area (Å²) in [5.41, 5.74) is 0. The molecule has 0 aromatic heterocycles. The Morgan fingerprint density at radius 2 is 1.87 bits per heavy atom. The maximum atomic E-state index is 11.1. The Bertz CT molecular complexity index is 405. The summed E-state index contributed by atoms with van der Waals surface area (Å²) in [6.45, 7) is 0.256. The van der Waals surface area contributed by atoms with Crippen molar-refractivity contribution < 1.29 is 55.9 Å². The highest BCUT2D eigenvalue weighted by Gasteiger charge is 2.53. The molecule has 11 N–H and O–H groups in total. The molecule has 23 heavy (non-hydrogen) atoms. The topological polar surface area (TPSA) is 240 Å². The molecular formula is C11H23NO11. The van der Waals surface area contributed by atoms with Crippen LogP contribution in [0.4, 0.5) is 0 Å². The van der Waals surface area contributed by atoms with E-state index in [0.717, 1.165) is 6.92 Å². The summed E-state index contributed by atoms with van der Waals surface area (Å²) in [5, 5.41) is 59.0. The van der Waals surface area contributed by atoms with Gasteiger partial charge in [-0.1, -0.05) is 0 Å². The zero-order chi connectivity index (χ0) is 16.4. The summed E-state index contributed by atoms with van der Waals surface area (Å²) in [6, 6.07) is -1.27. The van der Waals surface area contributed by atoms with Crippen molar-refractivity contribution in [1.82, 2.24) is 5.32 Å². The van der Waals surface area contributed by atoms with Crippen molar-refractivity contribution in [3.63, 3.8) is 0 Å². The van der Waals surface area contributed by atoms with Crippen LogP contribution in [0.1, 0.15) is 13.3 Å². The molecule has 1 aliphatic rings. The summed E-state index contributed by atoms with van der Waals surface area (Å²) in [7, 11) is 0. The van der Waals surface area contributed by atoms with Gasteiger partial charge in [0.25, 0.3) is 5.79 Å². The average molecular weight is 345 g/mol. The Balaban J connectivity index is 0. The number of amides is 1. The van der Waals surface area contributed by atoms with Gasteiger partial charge in [-0.3, -0.25) is 4.79 Å². The third-order valence-corrected chi connectivity index (χ3v) is 3.21. The lowest BCUT2D eigenvalue weighted by Crippen LogP contribution is -2.67. The minimum Gasteiger partial charge on any atom is -0.477 e. The monoisotopic (exact) mass is 345 g/mol. The number of ether oxygens (including phenoxy) is 1. The van der Waals surface area contributed by atoms with E-state index in [4.69, 9.17) is 14.9 Å². The number of hydrogen-bond donors (Lipinski definition) is 7. The Hall–Kier alpha value is -1.38. The summed E-state index contributed by atoms with van der Waals surface area (Å²) in [5.74, 6) is -5.17. The molecule has 1 rings (SSSR count). The summed E-state index contributed by atoms with van der Waals surface area (Å²) in [4.78, 5) is 22.1. The van der Waals surface area contributed by atoms with E-state index in [1.807, 2.05) is 0 Å². The van der Waals surface area contributed by atoms with Gasteiger partial charge < -0.3 is 51.6 Å². The van der Waals surface area contributed by atoms with Gasteiger partial charge in [0.15, 0.2) is 0 Å².